The molecule has 2 rings (SSSR count). The Morgan fingerprint density at radius 3 is 2.30 bits per heavy atom. The fourth-order valence-corrected chi connectivity index (χ4v) is 3.36. The number of amides is 2. The SMILES string of the molecule is CN(C(=O)NC1(C(=O)O)CCCC1)C1CCCCC1O. The molecular weight excluding hydrogens is 260 g/mol. The van der Waals surface area contributed by atoms with Gasteiger partial charge in [0.25, 0.3) is 0 Å². The van der Waals surface area contributed by atoms with Crippen LogP contribution < -0.4 is 5.32 Å². The molecule has 0 aromatic rings. The summed E-state index contributed by atoms with van der Waals surface area (Å²) in [5, 5.41) is 22.0. The first-order valence-electron chi connectivity index (χ1n) is 7.43. The van der Waals surface area contributed by atoms with Crippen molar-refractivity contribution in [2.75, 3.05) is 7.05 Å². The van der Waals surface area contributed by atoms with E-state index < -0.39 is 17.6 Å². The molecule has 0 aromatic heterocycles. The monoisotopic (exact) mass is 284 g/mol. The first-order valence-corrected chi connectivity index (χ1v) is 7.43. The van der Waals surface area contributed by atoms with Gasteiger partial charge in [0.05, 0.1) is 12.1 Å². The van der Waals surface area contributed by atoms with E-state index in [1.807, 2.05) is 0 Å². The molecule has 6 heteroatoms. The van der Waals surface area contributed by atoms with E-state index in [9.17, 15) is 19.8 Å². The highest BCUT2D eigenvalue weighted by Gasteiger charge is 2.44. The van der Waals surface area contributed by atoms with Crippen LogP contribution in [0, 0.1) is 0 Å². The van der Waals surface area contributed by atoms with Crippen LogP contribution in [0.15, 0.2) is 0 Å². The predicted molar refractivity (Wildman–Crippen MR) is 73.4 cm³/mol. The maximum atomic E-state index is 12.3. The van der Waals surface area contributed by atoms with E-state index in [4.69, 9.17) is 0 Å². The van der Waals surface area contributed by atoms with Crippen molar-refractivity contribution in [3.63, 3.8) is 0 Å². The maximum Gasteiger partial charge on any atom is 0.329 e. The van der Waals surface area contributed by atoms with Crippen LogP contribution in [-0.2, 0) is 4.79 Å². The molecule has 0 aromatic carbocycles. The van der Waals surface area contributed by atoms with Crippen molar-refractivity contribution >= 4 is 12.0 Å². The topological polar surface area (TPSA) is 89.9 Å². The van der Waals surface area contributed by atoms with Gasteiger partial charge in [0.1, 0.15) is 5.54 Å². The van der Waals surface area contributed by atoms with Crippen LogP contribution in [0.2, 0.25) is 0 Å². The summed E-state index contributed by atoms with van der Waals surface area (Å²) >= 11 is 0. The zero-order valence-electron chi connectivity index (χ0n) is 12.0. The third kappa shape index (κ3) is 2.90. The molecule has 0 aliphatic heterocycles. The van der Waals surface area contributed by atoms with Crippen LogP contribution in [0.25, 0.3) is 0 Å². The number of carboxylic acid groups (broad SMARTS) is 1. The summed E-state index contributed by atoms with van der Waals surface area (Å²) in [5.41, 5.74) is -1.12. The number of aliphatic hydroxyl groups excluding tert-OH is 1. The van der Waals surface area contributed by atoms with E-state index in [0.717, 1.165) is 32.1 Å². The average molecular weight is 284 g/mol. The highest BCUT2D eigenvalue weighted by Crippen LogP contribution is 2.30. The number of rotatable bonds is 3. The Labute approximate surface area is 119 Å². The first kappa shape index (κ1) is 15.1. The summed E-state index contributed by atoms with van der Waals surface area (Å²) in [6.07, 6.45) is 5.53. The van der Waals surface area contributed by atoms with E-state index in [1.165, 1.54) is 4.90 Å². The Morgan fingerprint density at radius 2 is 1.75 bits per heavy atom. The molecule has 0 heterocycles. The van der Waals surface area contributed by atoms with E-state index in [0.29, 0.717) is 19.3 Å². The minimum atomic E-state index is -1.12. The largest absolute Gasteiger partial charge is 0.480 e. The molecule has 2 amide bonds. The quantitative estimate of drug-likeness (QED) is 0.729. The number of hydrogen-bond acceptors (Lipinski definition) is 3. The lowest BCUT2D eigenvalue weighted by molar-refractivity contribution is -0.144. The molecule has 0 spiro atoms. The average Bonchev–Trinajstić information content (AvgIpc) is 2.88. The number of nitrogens with one attached hydrogen (secondary N) is 1. The molecule has 2 aliphatic carbocycles. The molecule has 114 valence electrons. The minimum Gasteiger partial charge on any atom is -0.480 e. The molecular formula is C14H24N2O4. The lowest BCUT2D eigenvalue weighted by Gasteiger charge is -2.37. The lowest BCUT2D eigenvalue weighted by atomic mass is 9.91. The zero-order chi connectivity index (χ0) is 14.8. The van der Waals surface area contributed by atoms with Crippen molar-refractivity contribution in [1.82, 2.24) is 10.2 Å². The van der Waals surface area contributed by atoms with Crippen molar-refractivity contribution in [3.05, 3.63) is 0 Å². The van der Waals surface area contributed by atoms with Crippen molar-refractivity contribution in [2.24, 2.45) is 0 Å². The second-order valence-electron chi connectivity index (χ2n) is 6.05. The number of carbonyl (C=O) groups is 2. The van der Waals surface area contributed by atoms with Crippen LogP contribution in [0.3, 0.4) is 0 Å². The van der Waals surface area contributed by atoms with Crippen molar-refractivity contribution in [3.8, 4) is 0 Å². The van der Waals surface area contributed by atoms with Crippen LogP contribution in [0.5, 0.6) is 0 Å². The van der Waals surface area contributed by atoms with Gasteiger partial charge in [0, 0.05) is 7.05 Å². The van der Waals surface area contributed by atoms with Gasteiger partial charge in [-0.25, -0.2) is 9.59 Å². The van der Waals surface area contributed by atoms with Gasteiger partial charge in [-0.3, -0.25) is 0 Å². The molecule has 3 N–H and O–H groups in total. The number of carboxylic acids is 1. The molecule has 0 bridgehead atoms. The van der Waals surface area contributed by atoms with Crippen LogP contribution in [0.1, 0.15) is 51.4 Å². The van der Waals surface area contributed by atoms with E-state index in [-0.39, 0.29) is 12.1 Å². The molecule has 2 unspecified atom stereocenters. The Morgan fingerprint density at radius 1 is 1.15 bits per heavy atom. The number of urea groups is 1. The molecule has 2 atom stereocenters. The smallest absolute Gasteiger partial charge is 0.329 e. The molecule has 6 nitrogen and oxygen atoms in total. The van der Waals surface area contributed by atoms with Gasteiger partial charge in [-0.05, 0) is 25.7 Å². The van der Waals surface area contributed by atoms with Gasteiger partial charge >= 0.3 is 12.0 Å². The van der Waals surface area contributed by atoms with Crippen LogP contribution >= 0.6 is 0 Å². The number of hydrogen-bond donors (Lipinski definition) is 3. The summed E-state index contributed by atoms with van der Waals surface area (Å²) in [6.45, 7) is 0. The van der Waals surface area contributed by atoms with Gasteiger partial charge in [-0.1, -0.05) is 25.7 Å². The molecule has 20 heavy (non-hydrogen) atoms. The number of aliphatic hydroxyl groups is 1. The Balaban J connectivity index is 2.01. The number of aliphatic carboxylic acids is 1. The second-order valence-corrected chi connectivity index (χ2v) is 6.05. The maximum absolute atomic E-state index is 12.3. The fourth-order valence-electron chi connectivity index (χ4n) is 3.36. The summed E-state index contributed by atoms with van der Waals surface area (Å²) in [7, 11) is 1.64. The lowest BCUT2D eigenvalue weighted by Crippen LogP contribution is -2.58. The minimum absolute atomic E-state index is 0.212. The summed E-state index contributed by atoms with van der Waals surface area (Å²) in [4.78, 5) is 25.2. The van der Waals surface area contributed by atoms with Gasteiger partial charge in [0.2, 0.25) is 0 Å². The molecule has 0 saturated heterocycles. The van der Waals surface area contributed by atoms with E-state index in [1.54, 1.807) is 7.05 Å². The standard InChI is InChI=1S/C14H24N2O4/c1-16(10-6-2-3-7-11(10)17)13(20)15-14(12(18)19)8-4-5-9-14/h10-11,17H,2-9H2,1H3,(H,15,20)(H,18,19). The fraction of sp³-hybridized carbons (Fsp3) is 0.857. The Hall–Kier alpha value is -1.30. The normalized spacial score (nSPS) is 28.9. The highest BCUT2D eigenvalue weighted by atomic mass is 16.4. The zero-order valence-corrected chi connectivity index (χ0v) is 12.0. The van der Waals surface area contributed by atoms with Gasteiger partial charge in [-0.2, -0.15) is 0 Å². The van der Waals surface area contributed by atoms with Crippen LogP contribution in [0.4, 0.5) is 4.79 Å². The second kappa shape index (κ2) is 5.99. The summed E-state index contributed by atoms with van der Waals surface area (Å²) in [5.74, 6) is -0.957. The number of likely N-dealkylation sites (N-methyl/N-ethyl adjacent to an activating group) is 1. The van der Waals surface area contributed by atoms with Crippen LogP contribution in [-0.4, -0.2) is 51.8 Å². The van der Waals surface area contributed by atoms with Gasteiger partial charge in [-0.15, -0.1) is 0 Å². The summed E-state index contributed by atoms with van der Waals surface area (Å²) < 4.78 is 0. The molecule has 2 fully saturated rings. The Kier molecular flexibility index (Phi) is 4.52. The molecule has 2 aliphatic rings. The van der Waals surface area contributed by atoms with Crippen molar-refractivity contribution in [2.45, 2.75) is 69.1 Å². The molecule has 0 radical (unpaired) electrons. The molecule has 2 saturated carbocycles. The highest BCUT2D eigenvalue weighted by molar-refractivity contribution is 5.86. The van der Waals surface area contributed by atoms with E-state index >= 15 is 0 Å². The van der Waals surface area contributed by atoms with Crippen molar-refractivity contribution in [1.29, 1.82) is 0 Å². The van der Waals surface area contributed by atoms with E-state index in [2.05, 4.69) is 5.32 Å². The van der Waals surface area contributed by atoms with Crippen molar-refractivity contribution < 1.29 is 19.8 Å². The summed E-state index contributed by atoms with van der Waals surface area (Å²) in [6, 6.07) is -0.601. The van der Waals surface area contributed by atoms with Gasteiger partial charge in [0.15, 0.2) is 0 Å². The number of carbonyl (C=O) groups excluding carboxylic acids is 1. The van der Waals surface area contributed by atoms with Gasteiger partial charge < -0.3 is 20.4 Å². The third-order valence-electron chi connectivity index (χ3n) is 4.72. The number of nitrogens with zero attached hydrogens (tertiary/aromatic N) is 1. The first-order chi connectivity index (χ1) is 9.46. The predicted octanol–water partition coefficient (Wildman–Crippen LogP) is 1.33. The third-order valence-corrected chi connectivity index (χ3v) is 4.72. The Bertz CT molecular complexity index is 379.